The minimum Gasteiger partial charge on any atom is -0.381 e. The maximum atomic E-state index is 13.1. The number of likely N-dealkylation sites (tertiary alicyclic amines) is 1. The van der Waals surface area contributed by atoms with E-state index in [1.807, 2.05) is 47.5 Å². The second-order valence-corrected chi connectivity index (χ2v) is 16.8. The summed E-state index contributed by atoms with van der Waals surface area (Å²) < 4.78 is 14.0. The van der Waals surface area contributed by atoms with Crippen LogP contribution in [-0.2, 0) is 43.6 Å². The Balaban J connectivity index is 0.000000167. The quantitative estimate of drug-likeness (QED) is 0.158. The summed E-state index contributed by atoms with van der Waals surface area (Å²) in [5.74, 6) is 0.555. The summed E-state index contributed by atoms with van der Waals surface area (Å²) in [4.78, 5) is 79.7. The van der Waals surface area contributed by atoms with Crippen LogP contribution in [-0.4, -0.2) is 116 Å². The molecular formula is C48H50N8O7. The predicted octanol–water partition coefficient (Wildman–Crippen LogP) is 5.37. The van der Waals surface area contributed by atoms with E-state index in [1.54, 1.807) is 19.2 Å². The molecule has 10 rings (SSSR count). The normalized spacial score (nSPS) is 20.3. The summed E-state index contributed by atoms with van der Waals surface area (Å²) in [6.45, 7) is 11.4. The van der Waals surface area contributed by atoms with Gasteiger partial charge in [0.2, 0.25) is 17.7 Å². The molecule has 15 heteroatoms. The Bertz CT molecular complexity index is 2640. The molecule has 15 nitrogen and oxygen atoms in total. The van der Waals surface area contributed by atoms with Crippen LogP contribution in [0.1, 0.15) is 88.4 Å². The first-order chi connectivity index (χ1) is 30.6. The Morgan fingerprint density at radius 1 is 0.968 bits per heavy atom. The molecule has 0 saturated carbocycles. The summed E-state index contributed by atoms with van der Waals surface area (Å²) in [5, 5.41) is 4.37. The number of likely N-dealkylation sites (N-methyl/N-ethyl adjacent to an activating group) is 1. The van der Waals surface area contributed by atoms with Crippen LogP contribution in [0.4, 0.5) is 0 Å². The predicted molar refractivity (Wildman–Crippen MR) is 234 cm³/mol. The standard InChI is InChI=1S/C28H27N5O3.C20H23N3O4/c1-18(35)32-9-10-33-26(16-32)27(31-28(33)19-7-11-36-12-8-19)23-4-2-3-20-13-25(30-15-24(20)23)21-5-6-22(17-34)29-14-21;1-12-15-5-3-4-13(11-27-14-8-9-22(2)10-14)18(15)20(26)23(12)16-6-7-17(24)21-19(16)25/h2-6,13-15,17,19H,7-12,16H2,1H3;3-5,14,16H,1,6-11H2,2H3,(H,21,24,25). The van der Waals surface area contributed by atoms with E-state index in [0.29, 0.717) is 49.0 Å². The number of nitrogens with one attached hydrogen (secondary N) is 1. The minimum absolute atomic E-state index is 0.0828. The number of fused-ring (bicyclic) bond motifs is 3. The van der Waals surface area contributed by atoms with E-state index in [0.717, 1.165) is 114 Å². The van der Waals surface area contributed by atoms with E-state index in [-0.39, 0.29) is 30.2 Å². The van der Waals surface area contributed by atoms with Gasteiger partial charge in [0, 0.05) is 98.8 Å². The van der Waals surface area contributed by atoms with Crippen LogP contribution in [0.25, 0.3) is 39.0 Å². The zero-order chi connectivity index (χ0) is 43.8. The molecule has 5 aromatic rings. The molecule has 3 aromatic heterocycles. The molecule has 5 aliphatic heterocycles. The third-order valence-corrected chi connectivity index (χ3v) is 12.8. The number of pyridine rings is 2. The van der Waals surface area contributed by atoms with Gasteiger partial charge >= 0.3 is 0 Å². The third-order valence-electron chi connectivity index (χ3n) is 12.8. The minimum atomic E-state index is -0.702. The van der Waals surface area contributed by atoms with Gasteiger partial charge < -0.3 is 23.8 Å². The van der Waals surface area contributed by atoms with Gasteiger partial charge in [0.1, 0.15) is 17.6 Å². The molecule has 0 aliphatic carbocycles. The fourth-order valence-corrected chi connectivity index (χ4v) is 9.39. The Morgan fingerprint density at radius 3 is 2.51 bits per heavy atom. The van der Waals surface area contributed by atoms with Crippen molar-refractivity contribution < 1.29 is 33.4 Å². The van der Waals surface area contributed by atoms with Crippen molar-refractivity contribution in [3.63, 3.8) is 0 Å². The van der Waals surface area contributed by atoms with Crippen LogP contribution in [0.3, 0.4) is 0 Å². The monoisotopic (exact) mass is 850 g/mol. The summed E-state index contributed by atoms with van der Waals surface area (Å²) >= 11 is 0. The smallest absolute Gasteiger partial charge is 0.260 e. The van der Waals surface area contributed by atoms with Gasteiger partial charge in [-0.1, -0.05) is 43.0 Å². The fourth-order valence-electron chi connectivity index (χ4n) is 9.39. The van der Waals surface area contributed by atoms with Crippen LogP contribution in [0.5, 0.6) is 0 Å². The topological polar surface area (TPSA) is 169 Å². The molecule has 3 saturated heterocycles. The number of imidazole rings is 1. The summed E-state index contributed by atoms with van der Waals surface area (Å²) in [6.07, 6.45) is 7.89. The van der Waals surface area contributed by atoms with E-state index < -0.39 is 11.9 Å². The van der Waals surface area contributed by atoms with Gasteiger partial charge in [0.05, 0.1) is 41.9 Å². The van der Waals surface area contributed by atoms with E-state index in [1.165, 1.54) is 4.90 Å². The van der Waals surface area contributed by atoms with E-state index in [4.69, 9.17) is 19.4 Å². The number of carbonyl (C=O) groups is 5. The van der Waals surface area contributed by atoms with Crippen molar-refractivity contribution in [2.45, 2.75) is 76.8 Å². The van der Waals surface area contributed by atoms with Crippen molar-refractivity contribution >= 4 is 46.4 Å². The van der Waals surface area contributed by atoms with Gasteiger partial charge in [0.15, 0.2) is 6.29 Å². The maximum Gasteiger partial charge on any atom is 0.260 e. The molecule has 0 bridgehead atoms. The van der Waals surface area contributed by atoms with Crippen LogP contribution in [0.2, 0.25) is 0 Å². The van der Waals surface area contributed by atoms with Gasteiger partial charge in [-0.25, -0.2) is 4.98 Å². The third kappa shape index (κ3) is 8.31. The Hall–Kier alpha value is -6.42. The Kier molecular flexibility index (Phi) is 11.8. The lowest BCUT2D eigenvalue weighted by Crippen LogP contribution is -2.52. The molecule has 4 amide bonds. The molecule has 2 atom stereocenters. The molecule has 8 heterocycles. The molecule has 63 heavy (non-hydrogen) atoms. The lowest BCUT2D eigenvalue weighted by Gasteiger charge is -2.30. The van der Waals surface area contributed by atoms with Crippen molar-refractivity contribution in [3.05, 3.63) is 107 Å². The number of hydrogen-bond acceptors (Lipinski definition) is 11. The first-order valence-electron chi connectivity index (χ1n) is 21.6. The second-order valence-electron chi connectivity index (χ2n) is 16.8. The average molecular weight is 851 g/mol. The molecule has 2 unspecified atom stereocenters. The number of benzene rings is 2. The number of rotatable bonds is 8. The van der Waals surface area contributed by atoms with Gasteiger partial charge in [0.25, 0.3) is 5.91 Å². The molecule has 0 radical (unpaired) electrons. The van der Waals surface area contributed by atoms with Crippen molar-refractivity contribution in [1.29, 1.82) is 0 Å². The number of ether oxygens (including phenoxy) is 2. The number of imide groups is 1. The highest BCUT2D eigenvalue weighted by atomic mass is 16.5. The number of aromatic nitrogens is 4. The molecule has 324 valence electrons. The van der Waals surface area contributed by atoms with E-state index in [2.05, 4.69) is 45.5 Å². The van der Waals surface area contributed by atoms with Crippen LogP contribution in [0, 0.1) is 0 Å². The highest BCUT2D eigenvalue weighted by Crippen LogP contribution is 2.39. The largest absolute Gasteiger partial charge is 0.381 e. The van der Waals surface area contributed by atoms with Crippen molar-refractivity contribution in [2.24, 2.45) is 0 Å². The van der Waals surface area contributed by atoms with E-state index in [9.17, 15) is 24.0 Å². The lowest BCUT2D eigenvalue weighted by molar-refractivity contribution is -0.136. The number of piperidine rings is 1. The first kappa shape index (κ1) is 41.9. The number of amides is 4. The van der Waals surface area contributed by atoms with E-state index >= 15 is 0 Å². The molecule has 2 aromatic carbocycles. The molecule has 5 aliphatic rings. The first-order valence-corrected chi connectivity index (χ1v) is 21.6. The summed E-state index contributed by atoms with van der Waals surface area (Å²) in [7, 11) is 2.06. The SMILES string of the molecule is C=C1c2cccc(COC3CCN(C)C3)c2C(=O)N1C1CCC(=O)NC1=O.CC(=O)N1CCn2c(C3CCOCC3)nc(-c3cccc4cc(-c5ccc(C=O)nc5)ncc34)c2C1. The van der Waals surface area contributed by atoms with Gasteiger partial charge in [-0.3, -0.25) is 44.2 Å². The van der Waals surface area contributed by atoms with Gasteiger partial charge in [-0.2, -0.15) is 0 Å². The van der Waals surface area contributed by atoms with Crippen molar-refractivity contribution in [1.82, 2.24) is 39.5 Å². The van der Waals surface area contributed by atoms with Gasteiger partial charge in [-0.15, -0.1) is 0 Å². The van der Waals surface area contributed by atoms with Crippen LogP contribution in [0.15, 0.2) is 73.6 Å². The fraction of sp³-hybridized carbons (Fsp3) is 0.375. The van der Waals surface area contributed by atoms with Crippen LogP contribution < -0.4 is 5.32 Å². The summed E-state index contributed by atoms with van der Waals surface area (Å²) in [5.41, 5.74) is 7.68. The summed E-state index contributed by atoms with van der Waals surface area (Å²) in [6, 6.07) is 16.7. The molecule has 1 N–H and O–H groups in total. The number of nitrogens with zero attached hydrogens (tertiary/aromatic N) is 7. The number of carbonyl (C=O) groups excluding carboxylic acids is 5. The Labute approximate surface area is 365 Å². The highest BCUT2D eigenvalue weighted by Gasteiger charge is 2.42. The van der Waals surface area contributed by atoms with Crippen molar-refractivity contribution in [2.75, 3.05) is 39.9 Å². The maximum absolute atomic E-state index is 13.1. The average Bonchev–Trinajstić information content (AvgIpc) is 3.98. The second kappa shape index (κ2) is 17.8. The Morgan fingerprint density at radius 2 is 1.78 bits per heavy atom. The molecule has 0 spiro atoms. The highest BCUT2D eigenvalue weighted by molar-refractivity contribution is 6.13. The lowest BCUT2D eigenvalue weighted by atomic mass is 9.99. The molecular weight excluding hydrogens is 801 g/mol. The zero-order valence-electron chi connectivity index (χ0n) is 35.5. The zero-order valence-corrected chi connectivity index (χ0v) is 35.5. The number of aldehydes is 1. The van der Waals surface area contributed by atoms with Gasteiger partial charge in [-0.05, 0) is 61.9 Å². The van der Waals surface area contributed by atoms with Crippen LogP contribution >= 0.6 is 0 Å². The number of hydrogen-bond donors (Lipinski definition) is 1. The molecule has 3 fully saturated rings. The van der Waals surface area contributed by atoms with Crippen molar-refractivity contribution in [3.8, 4) is 22.5 Å².